The van der Waals surface area contributed by atoms with Gasteiger partial charge in [0, 0.05) is 17.8 Å². The van der Waals surface area contributed by atoms with Crippen molar-refractivity contribution in [3.63, 3.8) is 0 Å². The van der Waals surface area contributed by atoms with Crippen molar-refractivity contribution in [2.24, 2.45) is 4.99 Å². The van der Waals surface area contributed by atoms with Crippen molar-refractivity contribution in [3.8, 4) is 17.2 Å². The van der Waals surface area contributed by atoms with Crippen molar-refractivity contribution in [1.29, 1.82) is 0 Å². The highest BCUT2D eigenvalue weighted by Gasteiger charge is 2.06. The topological polar surface area (TPSA) is 93.3 Å². The van der Waals surface area contributed by atoms with Gasteiger partial charge in [-0.3, -0.25) is 4.99 Å². The van der Waals surface area contributed by atoms with Crippen LogP contribution in [0.15, 0.2) is 17.1 Å². The molecule has 0 heterocycles. The lowest BCUT2D eigenvalue weighted by molar-refractivity contribution is 0.307. The van der Waals surface area contributed by atoms with Crippen LogP contribution < -0.4 is 0 Å². The Morgan fingerprint density at radius 1 is 1.21 bits per heavy atom. The molecule has 5 nitrogen and oxygen atoms in total. The van der Waals surface area contributed by atoms with Gasteiger partial charge in [0.2, 0.25) is 0 Å². The zero-order chi connectivity index (χ0) is 10.6. The molecule has 0 atom stereocenters. The highest BCUT2D eigenvalue weighted by atomic mass is 16.3. The minimum Gasteiger partial charge on any atom is -0.508 e. The first-order chi connectivity index (χ1) is 6.65. The van der Waals surface area contributed by atoms with Crippen LogP contribution in [0.25, 0.3) is 0 Å². The fourth-order valence-electron chi connectivity index (χ4n) is 0.945. The molecule has 1 rings (SSSR count). The summed E-state index contributed by atoms with van der Waals surface area (Å²) in [5.41, 5.74) is 0.205. The Morgan fingerprint density at radius 2 is 1.93 bits per heavy atom. The third-order valence-corrected chi connectivity index (χ3v) is 1.56. The quantitative estimate of drug-likeness (QED) is 0.316. The maximum atomic E-state index is 9.31. The molecular weight excluding hydrogens is 186 g/mol. The van der Waals surface area contributed by atoms with Crippen molar-refractivity contribution in [3.05, 3.63) is 17.7 Å². The van der Waals surface area contributed by atoms with Gasteiger partial charge in [-0.2, -0.15) is 0 Å². The predicted molar refractivity (Wildman–Crippen MR) is 51.0 cm³/mol. The Balaban J connectivity index is 2.96. The van der Waals surface area contributed by atoms with Gasteiger partial charge in [-0.05, 0) is 6.07 Å². The molecule has 0 saturated carbocycles. The molecule has 0 spiro atoms. The molecule has 76 valence electrons. The van der Waals surface area contributed by atoms with Crippen LogP contribution in [0.5, 0.6) is 17.2 Å². The molecule has 5 heteroatoms. The second kappa shape index (κ2) is 4.48. The summed E-state index contributed by atoms with van der Waals surface area (Å²) in [4.78, 5) is 3.75. The number of hydrogen-bond acceptors (Lipinski definition) is 5. The van der Waals surface area contributed by atoms with E-state index in [0.29, 0.717) is 0 Å². The summed E-state index contributed by atoms with van der Waals surface area (Å²) < 4.78 is 0. The number of phenolic OH excluding ortho intramolecular Hbond substituents is 3. The van der Waals surface area contributed by atoms with Crippen LogP contribution in [-0.4, -0.2) is 39.8 Å². The molecule has 0 aromatic heterocycles. The highest BCUT2D eigenvalue weighted by molar-refractivity contribution is 5.85. The summed E-state index contributed by atoms with van der Waals surface area (Å²) in [6, 6.07) is 2.29. The normalized spacial score (nSPS) is 10.9. The van der Waals surface area contributed by atoms with Crippen molar-refractivity contribution >= 4 is 6.21 Å². The second-order valence-electron chi connectivity index (χ2n) is 2.66. The maximum Gasteiger partial charge on any atom is 0.166 e. The number of aliphatic hydroxyl groups excluding tert-OH is 1. The van der Waals surface area contributed by atoms with Gasteiger partial charge in [-0.1, -0.05) is 0 Å². The number of benzene rings is 1. The van der Waals surface area contributed by atoms with Crippen LogP contribution in [-0.2, 0) is 0 Å². The number of phenols is 3. The van der Waals surface area contributed by atoms with Gasteiger partial charge in [0.05, 0.1) is 13.2 Å². The van der Waals surface area contributed by atoms with Crippen LogP contribution in [0.4, 0.5) is 0 Å². The Labute approximate surface area is 80.6 Å². The Hall–Kier alpha value is -1.75. The van der Waals surface area contributed by atoms with Gasteiger partial charge in [0.25, 0.3) is 0 Å². The standard InChI is InChI=1S/C9H11NO4/c11-2-1-10-5-6-3-7(12)4-8(13)9(6)14/h3-5,11-14H,1-2H2. The van der Waals surface area contributed by atoms with Gasteiger partial charge >= 0.3 is 0 Å². The van der Waals surface area contributed by atoms with E-state index in [9.17, 15) is 5.11 Å². The molecule has 0 aliphatic heterocycles. The first-order valence-electron chi connectivity index (χ1n) is 4.00. The van der Waals surface area contributed by atoms with Crippen molar-refractivity contribution < 1.29 is 20.4 Å². The van der Waals surface area contributed by atoms with Crippen LogP contribution >= 0.6 is 0 Å². The molecule has 0 amide bonds. The molecule has 0 bridgehead atoms. The van der Waals surface area contributed by atoms with Crippen LogP contribution in [0.1, 0.15) is 5.56 Å². The minimum absolute atomic E-state index is 0.0952. The molecule has 0 aliphatic rings. The van der Waals surface area contributed by atoms with Crippen molar-refractivity contribution in [2.75, 3.05) is 13.2 Å². The summed E-state index contributed by atoms with van der Waals surface area (Å²) in [6.07, 6.45) is 1.27. The maximum absolute atomic E-state index is 9.31. The van der Waals surface area contributed by atoms with E-state index >= 15 is 0 Å². The Kier molecular flexibility index (Phi) is 3.30. The highest BCUT2D eigenvalue weighted by Crippen LogP contribution is 2.31. The number of rotatable bonds is 3. The largest absolute Gasteiger partial charge is 0.508 e. The number of aliphatic hydroxyl groups is 1. The fourth-order valence-corrected chi connectivity index (χ4v) is 0.945. The van der Waals surface area contributed by atoms with E-state index in [0.717, 1.165) is 6.07 Å². The summed E-state index contributed by atoms with van der Waals surface area (Å²) in [6.45, 7) is 0.109. The molecule has 1 aromatic rings. The van der Waals surface area contributed by atoms with E-state index in [1.54, 1.807) is 0 Å². The first-order valence-corrected chi connectivity index (χ1v) is 4.00. The van der Waals surface area contributed by atoms with Crippen molar-refractivity contribution in [1.82, 2.24) is 0 Å². The monoisotopic (exact) mass is 197 g/mol. The molecule has 0 fully saturated rings. The molecule has 0 aliphatic carbocycles. The molecule has 1 aromatic carbocycles. The average molecular weight is 197 g/mol. The predicted octanol–water partition coefficient (Wildman–Crippen LogP) is 0.215. The van der Waals surface area contributed by atoms with Crippen LogP contribution in [0, 0.1) is 0 Å². The van der Waals surface area contributed by atoms with Gasteiger partial charge in [-0.15, -0.1) is 0 Å². The number of aliphatic imine (C=N–C) groups is 1. The lowest BCUT2D eigenvalue weighted by atomic mass is 10.2. The molecule has 4 N–H and O–H groups in total. The average Bonchev–Trinajstić information content (AvgIpc) is 2.13. The van der Waals surface area contributed by atoms with Gasteiger partial charge in [0.1, 0.15) is 5.75 Å². The first kappa shape index (κ1) is 10.3. The Bertz CT molecular complexity index is 349. The van der Waals surface area contributed by atoms with E-state index in [-0.39, 0.29) is 30.2 Å². The number of hydrogen-bond donors (Lipinski definition) is 4. The smallest absolute Gasteiger partial charge is 0.166 e. The Morgan fingerprint density at radius 3 is 2.57 bits per heavy atom. The zero-order valence-corrected chi connectivity index (χ0v) is 7.38. The van der Waals surface area contributed by atoms with E-state index in [2.05, 4.69) is 4.99 Å². The zero-order valence-electron chi connectivity index (χ0n) is 7.38. The molecule has 0 radical (unpaired) electrons. The fraction of sp³-hybridized carbons (Fsp3) is 0.222. The number of nitrogens with zero attached hydrogens (tertiary/aromatic N) is 1. The summed E-state index contributed by atoms with van der Waals surface area (Å²) in [5, 5.41) is 36.0. The summed E-state index contributed by atoms with van der Waals surface area (Å²) in [5.74, 6) is -0.911. The molecule has 0 unspecified atom stereocenters. The third-order valence-electron chi connectivity index (χ3n) is 1.56. The lowest BCUT2D eigenvalue weighted by Crippen LogP contribution is -1.89. The third kappa shape index (κ3) is 2.37. The van der Waals surface area contributed by atoms with E-state index in [1.165, 1.54) is 12.3 Å². The van der Waals surface area contributed by atoms with Gasteiger partial charge in [-0.25, -0.2) is 0 Å². The van der Waals surface area contributed by atoms with Crippen LogP contribution in [0.3, 0.4) is 0 Å². The van der Waals surface area contributed by atoms with E-state index < -0.39 is 5.75 Å². The SMILES string of the molecule is OCCN=Cc1cc(O)cc(O)c1O. The molecule has 0 saturated heterocycles. The van der Waals surface area contributed by atoms with Crippen LogP contribution in [0.2, 0.25) is 0 Å². The second-order valence-corrected chi connectivity index (χ2v) is 2.66. The van der Waals surface area contributed by atoms with Gasteiger partial charge < -0.3 is 20.4 Å². The lowest BCUT2D eigenvalue weighted by Gasteiger charge is -2.02. The summed E-state index contributed by atoms with van der Waals surface area (Å²) in [7, 11) is 0. The van der Waals surface area contributed by atoms with E-state index in [1.807, 2.05) is 0 Å². The van der Waals surface area contributed by atoms with Gasteiger partial charge in [0.15, 0.2) is 11.5 Å². The van der Waals surface area contributed by atoms with E-state index in [4.69, 9.17) is 15.3 Å². The minimum atomic E-state index is -0.407. The number of aromatic hydroxyl groups is 3. The molecular formula is C9H11NO4. The molecule has 14 heavy (non-hydrogen) atoms. The summed E-state index contributed by atoms with van der Waals surface area (Å²) >= 11 is 0. The van der Waals surface area contributed by atoms with Crippen molar-refractivity contribution in [2.45, 2.75) is 0 Å².